The Morgan fingerprint density at radius 1 is 1.33 bits per heavy atom. The molecule has 0 aliphatic heterocycles. The van der Waals surface area contributed by atoms with E-state index in [0.717, 1.165) is 24.4 Å². The fourth-order valence-electron chi connectivity index (χ4n) is 2.13. The van der Waals surface area contributed by atoms with Crippen LogP contribution in [0.2, 0.25) is 0 Å². The van der Waals surface area contributed by atoms with Crippen LogP contribution in [0.25, 0.3) is 0 Å². The van der Waals surface area contributed by atoms with Crippen LogP contribution in [-0.4, -0.2) is 32.1 Å². The Morgan fingerprint density at radius 2 is 2.10 bits per heavy atom. The molecule has 2 heterocycles. The maximum Gasteiger partial charge on any atom is 0.361 e. The number of carbonyl (C=O) groups excluding carboxylic acids is 1. The lowest BCUT2D eigenvalue weighted by molar-refractivity contribution is 0.0519. The van der Waals surface area contributed by atoms with Crippen LogP contribution in [0.3, 0.4) is 0 Å². The standard InChI is InChI=1S/C14H21N5O2/c1-4-10-7-11(19(5-2)16-10)8-18-9-12(15)13(17-18)14(20)21-6-3/h7,9H,4-6,8,15H2,1-3H3. The van der Waals surface area contributed by atoms with Gasteiger partial charge in [0, 0.05) is 12.7 Å². The molecule has 0 aliphatic carbocycles. The molecule has 7 heteroatoms. The third kappa shape index (κ3) is 3.24. The van der Waals surface area contributed by atoms with E-state index in [1.807, 2.05) is 17.7 Å². The number of nitrogens with zero attached hydrogens (tertiary/aromatic N) is 4. The Labute approximate surface area is 123 Å². The van der Waals surface area contributed by atoms with Crippen molar-refractivity contribution in [1.29, 1.82) is 0 Å². The van der Waals surface area contributed by atoms with E-state index in [4.69, 9.17) is 10.5 Å². The highest BCUT2D eigenvalue weighted by Gasteiger charge is 2.16. The van der Waals surface area contributed by atoms with Crippen molar-refractivity contribution in [3.63, 3.8) is 0 Å². The number of nitrogens with two attached hydrogens (primary N) is 1. The molecular formula is C14H21N5O2. The molecule has 0 bridgehead atoms. The smallest absolute Gasteiger partial charge is 0.361 e. The number of ether oxygens (including phenoxy) is 1. The molecule has 0 aromatic carbocycles. The van der Waals surface area contributed by atoms with Gasteiger partial charge in [0.2, 0.25) is 0 Å². The average Bonchev–Trinajstić information content (AvgIpc) is 3.02. The number of carbonyl (C=O) groups is 1. The van der Waals surface area contributed by atoms with Gasteiger partial charge in [0.1, 0.15) is 0 Å². The number of rotatable bonds is 6. The molecule has 0 spiro atoms. The van der Waals surface area contributed by atoms with E-state index in [2.05, 4.69) is 17.1 Å². The van der Waals surface area contributed by atoms with Crippen LogP contribution < -0.4 is 5.73 Å². The van der Waals surface area contributed by atoms with Gasteiger partial charge in [0.15, 0.2) is 5.69 Å². The maximum absolute atomic E-state index is 11.7. The van der Waals surface area contributed by atoms with Gasteiger partial charge in [0.25, 0.3) is 0 Å². The van der Waals surface area contributed by atoms with Gasteiger partial charge in [-0.3, -0.25) is 9.36 Å². The number of esters is 1. The van der Waals surface area contributed by atoms with E-state index in [-0.39, 0.29) is 5.69 Å². The minimum atomic E-state index is -0.494. The second-order valence-corrected chi connectivity index (χ2v) is 4.65. The molecule has 2 N–H and O–H groups in total. The zero-order valence-corrected chi connectivity index (χ0v) is 12.7. The van der Waals surface area contributed by atoms with Crippen LogP contribution in [0.5, 0.6) is 0 Å². The predicted octanol–water partition coefficient (Wildman–Crippen LogP) is 1.47. The van der Waals surface area contributed by atoms with E-state index < -0.39 is 5.97 Å². The maximum atomic E-state index is 11.7. The zero-order valence-electron chi connectivity index (χ0n) is 12.7. The molecule has 7 nitrogen and oxygen atoms in total. The van der Waals surface area contributed by atoms with Gasteiger partial charge in [0.05, 0.1) is 30.2 Å². The number of aryl methyl sites for hydroxylation is 2. The molecule has 114 valence electrons. The van der Waals surface area contributed by atoms with Crippen molar-refractivity contribution in [3.05, 3.63) is 29.3 Å². The molecule has 0 atom stereocenters. The van der Waals surface area contributed by atoms with Crippen LogP contribution in [-0.2, 0) is 24.2 Å². The van der Waals surface area contributed by atoms with Gasteiger partial charge < -0.3 is 10.5 Å². The van der Waals surface area contributed by atoms with Crippen LogP contribution >= 0.6 is 0 Å². The predicted molar refractivity (Wildman–Crippen MR) is 79.0 cm³/mol. The van der Waals surface area contributed by atoms with Crippen molar-refractivity contribution in [2.75, 3.05) is 12.3 Å². The number of nitrogen functional groups attached to an aromatic ring is 1. The first-order valence-electron chi connectivity index (χ1n) is 7.14. The first-order chi connectivity index (χ1) is 10.1. The summed E-state index contributed by atoms with van der Waals surface area (Å²) in [6.45, 7) is 7.46. The van der Waals surface area contributed by atoms with Gasteiger partial charge in [-0.25, -0.2) is 4.79 Å². The average molecular weight is 291 g/mol. The zero-order chi connectivity index (χ0) is 15.4. The number of hydrogen-bond donors (Lipinski definition) is 1. The summed E-state index contributed by atoms with van der Waals surface area (Å²) >= 11 is 0. The van der Waals surface area contributed by atoms with Crippen LogP contribution in [0.4, 0.5) is 5.69 Å². The summed E-state index contributed by atoms with van der Waals surface area (Å²) in [6, 6.07) is 2.05. The van der Waals surface area contributed by atoms with Crippen LogP contribution in [0.15, 0.2) is 12.3 Å². The van der Waals surface area contributed by atoms with Gasteiger partial charge in [-0.15, -0.1) is 0 Å². The highest BCUT2D eigenvalue weighted by Crippen LogP contribution is 2.13. The Morgan fingerprint density at radius 3 is 2.71 bits per heavy atom. The van der Waals surface area contributed by atoms with Crippen molar-refractivity contribution in [3.8, 4) is 0 Å². The molecule has 0 aliphatic rings. The Balaban J connectivity index is 2.22. The lowest BCUT2D eigenvalue weighted by Gasteiger charge is -2.04. The molecule has 2 aromatic rings. The van der Waals surface area contributed by atoms with Crippen molar-refractivity contribution in [2.24, 2.45) is 0 Å². The minimum Gasteiger partial charge on any atom is -0.461 e. The monoisotopic (exact) mass is 291 g/mol. The first kappa shape index (κ1) is 15.1. The second-order valence-electron chi connectivity index (χ2n) is 4.65. The number of aromatic nitrogens is 4. The van der Waals surface area contributed by atoms with E-state index >= 15 is 0 Å². The SMILES string of the molecule is CCOC(=O)c1nn(Cc2cc(CC)nn2CC)cc1N. The van der Waals surface area contributed by atoms with E-state index in [9.17, 15) is 4.79 Å². The summed E-state index contributed by atoms with van der Waals surface area (Å²) in [4.78, 5) is 11.7. The summed E-state index contributed by atoms with van der Waals surface area (Å²) in [5.41, 5.74) is 8.38. The normalized spacial score (nSPS) is 10.8. The third-order valence-corrected chi connectivity index (χ3v) is 3.16. The molecule has 0 fully saturated rings. The second kappa shape index (κ2) is 6.43. The van der Waals surface area contributed by atoms with Crippen LogP contribution in [0, 0.1) is 0 Å². The van der Waals surface area contributed by atoms with Crippen molar-refractivity contribution in [2.45, 2.75) is 40.3 Å². The van der Waals surface area contributed by atoms with E-state index in [0.29, 0.717) is 18.8 Å². The fraction of sp³-hybridized carbons (Fsp3) is 0.500. The van der Waals surface area contributed by atoms with Gasteiger partial charge >= 0.3 is 5.97 Å². The highest BCUT2D eigenvalue weighted by atomic mass is 16.5. The van der Waals surface area contributed by atoms with Gasteiger partial charge in [-0.05, 0) is 26.3 Å². The molecule has 0 radical (unpaired) electrons. The largest absolute Gasteiger partial charge is 0.461 e. The van der Waals surface area contributed by atoms with Crippen molar-refractivity contribution >= 4 is 11.7 Å². The number of anilines is 1. The van der Waals surface area contributed by atoms with Crippen LogP contribution in [0.1, 0.15) is 42.6 Å². The lowest BCUT2D eigenvalue weighted by Crippen LogP contribution is -2.11. The highest BCUT2D eigenvalue weighted by molar-refractivity contribution is 5.92. The third-order valence-electron chi connectivity index (χ3n) is 3.16. The number of hydrogen-bond acceptors (Lipinski definition) is 5. The lowest BCUT2D eigenvalue weighted by atomic mass is 10.3. The Hall–Kier alpha value is -2.31. The molecule has 0 saturated carbocycles. The van der Waals surface area contributed by atoms with Gasteiger partial charge in [-0.2, -0.15) is 10.2 Å². The Kier molecular flexibility index (Phi) is 4.62. The summed E-state index contributed by atoms with van der Waals surface area (Å²) in [5.74, 6) is -0.494. The summed E-state index contributed by atoms with van der Waals surface area (Å²) in [6.07, 6.45) is 2.53. The first-order valence-corrected chi connectivity index (χ1v) is 7.14. The quantitative estimate of drug-likeness (QED) is 0.814. The van der Waals surface area contributed by atoms with Crippen molar-refractivity contribution < 1.29 is 9.53 Å². The van der Waals surface area contributed by atoms with E-state index in [1.165, 1.54) is 0 Å². The molecule has 0 amide bonds. The Bertz CT molecular complexity index is 629. The minimum absolute atomic E-state index is 0.162. The topological polar surface area (TPSA) is 88.0 Å². The molecule has 21 heavy (non-hydrogen) atoms. The summed E-state index contributed by atoms with van der Waals surface area (Å²) < 4.78 is 8.50. The summed E-state index contributed by atoms with van der Waals surface area (Å²) in [5, 5.41) is 8.70. The van der Waals surface area contributed by atoms with E-state index in [1.54, 1.807) is 17.8 Å². The molecule has 0 unspecified atom stereocenters. The molecule has 2 aromatic heterocycles. The summed E-state index contributed by atoms with van der Waals surface area (Å²) in [7, 11) is 0. The fourth-order valence-corrected chi connectivity index (χ4v) is 2.13. The van der Waals surface area contributed by atoms with Gasteiger partial charge in [-0.1, -0.05) is 6.92 Å². The van der Waals surface area contributed by atoms with Crippen molar-refractivity contribution in [1.82, 2.24) is 19.6 Å². The molecule has 2 rings (SSSR count). The molecular weight excluding hydrogens is 270 g/mol. The molecule has 0 saturated heterocycles.